The second kappa shape index (κ2) is 14.1. The Morgan fingerprint density at radius 1 is 1.36 bits per heavy atom. The van der Waals surface area contributed by atoms with Gasteiger partial charge in [0, 0.05) is 43.5 Å². The lowest BCUT2D eigenvalue weighted by Crippen LogP contribution is -2.51. The number of hydrogen-bond acceptors (Lipinski definition) is 4. The fourth-order valence-corrected chi connectivity index (χ4v) is 5.55. The van der Waals surface area contributed by atoms with Gasteiger partial charge < -0.3 is 5.32 Å². The monoisotopic (exact) mass is 518 g/mol. The van der Waals surface area contributed by atoms with E-state index in [1.54, 1.807) is 31.4 Å². The van der Waals surface area contributed by atoms with Gasteiger partial charge in [-0.15, -0.1) is 11.6 Å². The van der Waals surface area contributed by atoms with E-state index in [9.17, 15) is 13.2 Å². The molecule has 0 aromatic rings. The standard InChI is InChI=1S/C21H30Cl2N4O3S.C2H6/c1-4-7-19(24-5-2)21(10-12-27(13-11-21)31(29,30)26-6-3)15-25-20(28)17-9-8-16(22)14-18(17)23;1-2/h4-5,7,9,14,16,26H,1,6,8,10-13,15H2,2-3H3,(H,25,28);1-2H3/b19-7-,24-5?;. The summed E-state index contributed by atoms with van der Waals surface area (Å²) in [5.41, 5.74) is 0.620. The van der Waals surface area contributed by atoms with Crippen molar-refractivity contribution in [2.45, 2.75) is 52.3 Å². The van der Waals surface area contributed by atoms with Gasteiger partial charge in [-0.2, -0.15) is 12.7 Å². The van der Waals surface area contributed by atoms with Gasteiger partial charge in [-0.1, -0.05) is 51.1 Å². The van der Waals surface area contributed by atoms with Gasteiger partial charge in [0.1, 0.15) is 0 Å². The zero-order valence-electron chi connectivity index (χ0n) is 19.9. The normalized spacial score (nSPS) is 21.5. The third kappa shape index (κ3) is 8.07. The molecule has 1 fully saturated rings. The van der Waals surface area contributed by atoms with Crippen molar-refractivity contribution >= 4 is 45.5 Å². The molecule has 33 heavy (non-hydrogen) atoms. The highest BCUT2D eigenvalue weighted by molar-refractivity contribution is 7.87. The number of rotatable bonds is 9. The van der Waals surface area contributed by atoms with Gasteiger partial charge in [0.25, 0.3) is 16.1 Å². The summed E-state index contributed by atoms with van der Waals surface area (Å²) >= 11 is 12.3. The number of carbonyl (C=O) groups is 1. The van der Waals surface area contributed by atoms with E-state index in [0.29, 0.717) is 56.0 Å². The smallest absolute Gasteiger partial charge is 0.279 e. The van der Waals surface area contributed by atoms with E-state index < -0.39 is 15.6 Å². The number of hydrogen-bond donors (Lipinski definition) is 2. The van der Waals surface area contributed by atoms with E-state index >= 15 is 0 Å². The molecule has 0 aromatic heterocycles. The Bertz CT molecular complexity index is 903. The minimum atomic E-state index is -3.52. The van der Waals surface area contributed by atoms with Gasteiger partial charge in [0.2, 0.25) is 0 Å². The summed E-state index contributed by atoms with van der Waals surface area (Å²) < 4.78 is 28.8. The first-order valence-electron chi connectivity index (χ1n) is 11.3. The quantitative estimate of drug-likeness (QED) is 0.271. The molecule has 1 heterocycles. The van der Waals surface area contributed by atoms with Crippen molar-refractivity contribution in [1.29, 1.82) is 0 Å². The Kier molecular flexibility index (Phi) is 12.6. The van der Waals surface area contributed by atoms with Crippen molar-refractivity contribution in [2.75, 3.05) is 26.2 Å². The zero-order valence-corrected chi connectivity index (χ0v) is 22.2. The number of piperidine rings is 1. The fourth-order valence-electron chi connectivity index (χ4n) is 3.75. The molecule has 1 amide bonds. The number of alkyl halides is 1. The lowest BCUT2D eigenvalue weighted by Gasteiger charge is -2.41. The second-order valence-electron chi connectivity index (χ2n) is 7.42. The maximum Gasteiger partial charge on any atom is 0.279 e. The summed E-state index contributed by atoms with van der Waals surface area (Å²) in [4.78, 5) is 17.3. The molecule has 1 unspecified atom stereocenters. The Labute approximate surface area is 208 Å². The number of carbonyl (C=O) groups excluding carboxylic acids is 1. The van der Waals surface area contributed by atoms with Crippen LogP contribution in [0.5, 0.6) is 0 Å². The highest BCUT2D eigenvalue weighted by Crippen LogP contribution is 2.40. The van der Waals surface area contributed by atoms with Gasteiger partial charge in [0.15, 0.2) is 0 Å². The topological polar surface area (TPSA) is 90.9 Å². The SMILES string of the molecule is C=C/C=C(\N=CC)C1(CNC(=O)C2=CCC(Cl)C=C2Cl)CCN(S(=O)(=O)NCC)CC1.CC. The molecular formula is C23H36Cl2N4O3S. The van der Waals surface area contributed by atoms with Crippen LogP contribution in [-0.4, -0.2) is 56.4 Å². The van der Waals surface area contributed by atoms with E-state index in [-0.39, 0.29) is 11.3 Å². The number of halogens is 2. The summed E-state index contributed by atoms with van der Waals surface area (Å²) in [5.74, 6) is -0.287. The van der Waals surface area contributed by atoms with E-state index in [1.165, 1.54) is 4.31 Å². The molecule has 0 radical (unpaired) electrons. The molecule has 186 valence electrons. The summed E-state index contributed by atoms with van der Waals surface area (Å²) in [6, 6.07) is 0. The van der Waals surface area contributed by atoms with Crippen LogP contribution in [0.1, 0.15) is 47.0 Å². The van der Waals surface area contributed by atoms with Crippen LogP contribution in [0, 0.1) is 5.41 Å². The largest absolute Gasteiger partial charge is 0.351 e. The molecule has 2 rings (SSSR count). The van der Waals surface area contributed by atoms with Crippen LogP contribution < -0.4 is 10.0 Å². The van der Waals surface area contributed by atoms with Gasteiger partial charge in [0.05, 0.1) is 16.0 Å². The Balaban J connectivity index is 0.00000265. The summed E-state index contributed by atoms with van der Waals surface area (Å²) in [6.07, 6.45) is 10.1. The van der Waals surface area contributed by atoms with Gasteiger partial charge in [-0.05, 0) is 38.3 Å². The average Bonchev–Trinajstić information content (AvgIpc) is 2.79. The lowest BCUT2D eigenvalue weighted by molar-refractivity contribution is -0.117. The molecule has 1 aliphatic carbocycles. The third-order valence-corrected chi connectivity index (χ3v) is 7.73. The lowest BCUT2D eigenvalue weighted by atomic mass is 9.75. The molecule has 2 N–H and O–H groups in total. The van der Waals surface area contributed by atoms with Crippen LogP contribution in [0.4, 0.5) is 0 Å². The maximum atomic E-state index is 12.8. The summed E-state index contributed by atoms with van der Waals surface area (Å²) in [6.45, 7) is 12.6. The van der Waals surface area contributed by atoms with E-state index in [2.05, 4.69) is 21.6 Å². The summed E-state index contributed by atoms with van der Waals surface area (Å²) in [7, 11) is -3.52. The minimum absolute atomic E-state index is 0.223. The van der Waals surface area contributed by atoms with Crippen molar-refractivity contribution in [2.24, 2.45) is 10.4 Å². The van der Waals surface area contributed by atoms with Gasteiger partial charge in [-0.25, -0.2) is 4.72 Å². The van der Waals surface area contributed by atoms with E-state index in [0.717, 1.165) is 5.70 Å². The van der Waals surface area contributed by atoms with E-state index in [1.807, 2.05) is 26.8 Å². The highest BCUT2D eigenvalue weighted by atomic mass is 35.5. The second-order valence-corrected chi connectivity index (χ2v) is 10.1. The van der Waals surface area contributed by atoms with Gasteiger partial charge >= 0.3 is 0 Å². The molecule has 1 atom stereocenters. The molecule has 0 aromatic carbocycles. The van der Waals surface area contributed by atoms with Crippen molar-refractivity contribution in [3.05, 3.63) is 47.2 Å². The molecular weight excluding hydrogens is 483 g/mol. The number of nitrogens with zero attached hydrogens (tertiary/aromatic N) is 2. The first-order chi connectivity index (χ1) is 15.7. The van der Waals surface area contributed by atoms with Crippen molar-refractivity contribution in [3.8, 4) is 0 Å². The van der Waals surface area contributed by atoms with E-state index in [4.69, 9.17) is 23.2 Å². The fraction of sp³-hybridized carbons (Fsp3) is 0.565. The Hall–Kier alpha value is -1.45. The van der Waals surface area contributed by atoms with Crippen molar-refractivity contribution < 1.29 is 13.2 Å². The van der Waals surface area contributed by atoms with Gasteiger partial charge in [-0.3, -0.25) is 9.79 Å². The van der Waals surface area contributed by atoms with Crippen LogP contribution in [-0.2, 0) is 15.0 Å². The molecule has 7 nitrogen and oxygen atoms in total. The molecule has 1 saturated heterocycles. The van der Waals surface area contributed by atoms with Crippen molar-refractivity contribution in [1.82, 2.24) is 14.3 Å². The van der Waals surface area contributed by atoms with Crippen LogP contribution in [0.15, 0.2) is 52.2 Å². The molecule has 0 spiro atoms. The van der Waals surface area contributed by atoms with Crippen LogP contribution in [0.3, 0.4) is 0 Å². The summed E-state index contributed by atoms with van der Waals surface area (Å²) in [5, 5.41) is 3.08. The molecule has 2 aliphatic rings. The zero-order chi connectivity index (χ0) is 25.1. The first kappa shape index (κ1) is 29.6. The molecule has 0 saturated carbocycles. The minimum Gasteiger partial charge on any atom is -0.351 e. The highest BCUT2D eigenvalue weighted by Gasteiger charge is 2.41. The number of aliphatic imine (C=N–C) groups is 1. The number of amides is 1. The van der Waals surface area contributed by atoms with Crippen LogP contribution >= 0.6 is 23.2 Å². The first-order valence-corrected chi connectivity index (χ1v) is 13.5. The number of nitrogens with one attached hydrogen (secondary N) is 2. The predicted octanol–water partition coefficient (Wildman–Crippen LogP) is 4.29. The predicted molar refractivity (Wildman–Crippen MR) is 139 cm³/mol. The number of allylic oxidation sites excluding steroid dienone is 4. The third-order valence-electron chi connectivity index (χ3n) is 5.40. The Morgan fingerprint density at radius 2 is 2.00 bits per heavy atom. The molecule has 10 heteroatoms. The molecule has 1 aliphatic heterocycles. The van der Waals surface area contributed by atoms with Crippen molar-refractivity contribution in [3.63, 3.8) is 0 Å². The average molecular weight is 520 g/mol. The molecule has 0 bridgehead atoms. The maximum absolute atomic E-state index is 12.8. The van der Waals surface area contributed by atoms with Crippen LogP contribution in [0.25, 0.3) is 0 Å². The Morgan fingerprint density at radius 3 is 2.52 bits per heavy atom. The van der Waals surface area contributed by atoms with Crippen LogP contribution in [0.2, 0.25) is 0 Å².